The first-order valence-electron chi connectivity index (χ1n) is 3.87. The molecule has 2 aromatic rings. The molecule has 78 valence electrons. The number of thiophene rings is 1. The second kappa shape index (κ2) is 3.85. The summed E-state index contributed by atoms with van der Waals surface area (Å²) >= 11 is 1.10. The number of aldehydes is 1. The molecule has 0 aromatic carbocycles. The third-order valence-electron chi connectivity index (χ3n) is 1.58. The minimum absolute atomic E-state index is 0.00315. The van der Waals surface area contributed by atoms with Gasteiger partial charge in [0.2, 0.25) is 0 Å². The lowest BCUT2D eigenvalue weighted by molar-refractivity contribution is 0.112. The molecule has 0 N–H and O–H groups in total. The number of rotatable bonds is 3. The first-order valence-corrected chi connectivity index (χ1v) is 4.69. The quantitative estimate of drug-likeness (QED) is 0.760. The summed E-state index contributed by atoms with van der Waals surface area (Å²) in [7, 11) is 0. The summed E-state index contributed by atoms with van der Waals surface area (Å²) < 4.78 is 28.9. The van der Waals surface area contributed by atoms with E-state index in [1.54, 1.807) is 12.1 Å². The molecule has 2 heterocycles. The molecular formula is C8H4F2N2O2S. The standard InChI is InChI=1S/C8H4F2N2O2S/c9-6(10)8-12-11-7(14-8)5-2-1-4(3-13)15-5/h1-3,6H. The average Bonchev–Trinajstić information content (AvgIpc) is 2.86. The lowest BCUT2D eigenvalue weighted by Gasteiger charge is -1.87. The number of hydrogen-bond acceptors (Lipinski definition) is 5. The van der Waals surface area contributed by atoms with E-state index in [-0.39, 0.29) is 5.89 Å². The molecule has 2 aromatic heterocycles. The number of nitrogens with zero attached hydrogens (tertiary/aromatic N) is 2. The van der Waals surface area contributed by atoms with Crippen LogP contribution in [0.3, 0.4) is 0 Å². The Morgan fingerprint density at radius 2 is 2.20 bits per heavy atom. The Labute approximate surface area is 86.6 Å². The zero-order chi connectivity index (χ0) is 10.8. The second-order valence-corrected chi connectivity index (χ2v) is 3.68. The Balaban J connectivity index is 2.32. The van der Waals surface area contributed by atoms with Gasteiger partial charge in [-0.25, -0.2) is 0 Å². The van der Waals surface area contributed by atoms with E-state index in [0.717, 1.165) is 11.3 Å². The van der Waals surface area contributed by atoms with Crippen LogP contribution in [-0.2, 0) is 0 Å². The Kier molecular flexibility index (Phi) is 2.55. The van der Waals surface area contributed by atoms with E-state index in [4.69, 9.17) is 4.42 Å². The summed E-state index contributed by atoms with van der Waals surface area (Å²) in [6.07, 6.45) is -2.12. The normalized spacial score (nSPS) is 10.9. The SMILES string of the molecule is O=Cc1ccc(-c2nnc(C(F)F)o2)s1. The number of halogens is 2. The van der Waals surface area contributed by atoms with Crippen LogP contribution in [-0.4, -0.2) is 16.5 Å². The summed E-state index contributed by atoms with van der Waals surface area (Å²) in [5.74, 6) is -0.713. The maximum atomic E-state index is 12.1. The third-order valence-corrected chi connectivity index (χ3v) is 2.58. The topological polar surface area (TPSA) is 56.0 Å². The molecule has 0 aliphatic rings. The minimum Gasteiger partial charge on any atom is -0.414 e. The molecule has 7 heteroatoms. The molecule has 0 saturated carbocycles. The highest BCUT2D eigenvalue weighted by Crippen LogP contribution is 2.28. The first kappa shape index (κ1) is 9.91. The maximum absolute atomic E-state index is 12.1. The van der Waals surface area contributed by atoms with Crippen molar-refractivity contribution >= 4 is 17.6 Å². The Morgan fingerprint density at radius 1 is 1.40 bits per heavy atom. The lowest BCUT2D eigenvalue weighted by atomic mass is 10.4. The Morgan fingerprint density at radius 3 is 2.73 bits per heavy atom. The summed E-state index contributed by atoms with van der Waals surface area (Å²) in [4.78, 5) is 11.4. The van der Waals surface area contributed by atoms with E-state index in [0.29, 0.717) is 16.0 Å². The molecular weight excluding hydrogens is 226 g/mol. The van der Waals surface area contributed by atoms with Crippen molar-refractivity contribution in [1.29, 1.82) is 0 Å². The first-order chi connectivity index (χ1) is 7.20. The number of carbonyl (C=O) groups excluding carboxylic acids is 1. The monoisotopic (exact) mass is 230 g/mol. The van der Waals surface area contributed by atoms with E-state index in [2.05, 4.69) is 10.2 Å². The molecule has 0 unspecified atom stereocenters. The number of alkyl halides is 2. The van der Waals surface area contributed by atoms with Crippen molar-refractivity contribution in [2.45, 2.75) is 6.43 Å². The highest BCUT2D eigenvalue weighted by molar-refractivity contribution is 7.16. The summed E-state index contributed by atoms with van der Waals surface area (Å²) in [5.41, 5.74) is 0. The van der Waals surface area contributed by atoms with Crippen LogP contribution in [0.1, 0.15) is 22.0 Å². The molecule has 0 aliphatic carbocycles. The van der Waals surface area contributed by atoms with Crippen molar-refractivity contribution in [3.63, 3.8) is 0 Å². The smallest absolute Gasteiger partial charge is 0.314 e. The van der Waals surface area contributed by atoms with Gasteiger partial charge in [-0.15, -0.1) is 21.5 Å². The zero-order valence-corrected chi connectivity index (χ0v) is 8.00. The van der Waals surface area contributed by atoms with Gasteiger partial charge in [-0.1, -0.05) is 0 Å². The summed E-state index contributed by atoms with van der Waals surface area (Å²) in [6, 6.07) is 3.12. The fraction of sp³-hybridized carbons (Fsp3) is 0.125. The molecule has 0 fully saturated rings. The minimum atomic E-state index is -2.78. The van der Waals surface area contributed by atoms with Crippen LogP contribution in [0.4, 0.5) is 8.78 Å². The van der Waals surface area contributed by atoms with Gasteiger partial charge < -0.3 is 4.42 Å². The third kappa shape index (κ3) is 1.91. The molecule has 2 rings (SSSR count). The van der Waals surface area contributed by atoms with Crippen LogP contribution < -0.4 is 0 Å². The highest BCUT2D eigenvalue weighted by atomic mass is 32.1. The average molecular weight is 230 g/mol. The molecule has 0 amide bonds. The number of hydrogen-bond donors (Lipinski definition) is 0. The van der Waals surface area contributed by atoms with Gasteiger partial charge in [-0.2, -0.15) is 8.78 Å². The van der Waals surface area contributed by atoms with Crippen LogP contribution in [0.2, 0.25) is 0 Å². The van der Waals surface area contributed by atoms with E-state index in [1.165, 1.54) is 0 Å². The maximum Gasteiger partial charge on any atom is 0.314 e. The number of carbonyl (C=O) groups is 1. The predicted molar refractivity (Wildman–Crippen MR) is 48.0 cm³/mol. The summed E-state index contributed by atoms with van der Waals surface area (Å²) in [6.45, 7) is 0. The molecule has 0 saturated heterocycles. The lowest BCUT2D eigenvalue weighted by Crippen LogP contribution is -1.81. The van der Waals surface area contributed by atoms with E-state index >= 15 is 0 Å². The van der Waals surface area contributed by atoms with E-state index < -0.39 is 12.3 Å². The van der Waals surface area contributed by atoms with Gasteiger partial charge >= 0.3 is 6.43 Å². The fourth-order valence-corrected chi connectivity index (χ4v) is 1.70. The van der Waals surface area contributed by atoms with Gasteiger partial charge in [0.1, 0.15) is 0 Å². The molecule has 15 heavy (non-hydrogen) atoms. The largest absolute Gasteiger partial charge is 0.414 e. The molecule has 0 aliphatic heterocycles. The highest BCUT2D eigenvalue weighted by Gasteiger charge is 2.17. The van der Waals surface area contributed by atoms with Gasteiger partial charge in [0.05, 0.1) is 9.75 Å². The molecule has 0 spiro atoms. The zero-order valence-electron chi connectivity index (χ0n) is 7.18. The van der Waals surface area contributed by atoms with Gasteiger partial charge in [0.25, 0.3) is 11.8 Å². The predicted octanol–water partition coefficient (Wildman–Crippen LogP) is 2.55. The van der Waals surface area contributed by atoms with Crippen molar-refractivity contribution in [3.05, 3.63) is 22.9 Å². The second-order valence-electron chi connectivity index (χ2n) is 2.57. The van der Waals surface area contributed by atoms with Crippen LogP contribution in [0, 0.1) is 0 Å². The van der Waals surface area contributed by atoms with Crippen molar-refractivity contribution < 1.29 is 18.0 Å². The van der Waals surface area contributed by atoms with Crippen LogP contribution in [0.5, 0.6) is 0 Å². The van der Waals surface area contributed by atoms with Gasteiger partial charge in [0, 0.05) is 0 Å². The molecule has 0 atom stereocenters. The van der Waals surface area contributed by atoms with Crippen LogP contribution in [0.25, 0.3) is 10.8 Å². The number of aromatic nitrogens is 2. The van der Waals surface area contributed by atoms with Crippen molar-refractivity contribution in [1.82, 2.24) is 10.2 Å². The van der Waals surface area contributed by atoms with E-state index in [1.807, 2.05) is 0 Å². The summed E-state index contributed by atoms with van der Waals surface area (Å²) in [5, 5.41) is 6.63. The molecule has 0 bridgehead atoms. The fourth-order valence-electron chi connectivity index (χ4n) is 0.953. The van der Waals surface area contributed by atoms with Crippen LogP contribution in [0.15, 0.2) is 16.5 Å². The Bertz CT molecular complexity index is 480. The van der Waals surface area contributed by atoms with E-state index in [9.17, 15) is 13.6 Å². The molecule has 0 radical (unpaired) electrons. The molecule has 4 nitrogen and oxygen atoms in total. The van der Waals surface area contributed by atoms with Crippen molar-refractivity contribution in [3.8, 4) is 10.8 Å². The van der Waals surface area contributed by atoms with Crippen molar-refractivity contribution in [2.75, 3.05) is 0 Å². The van der Waals surface area contributed by atoms with Gasteiger partial charge in [-0.05, 0) is 12.1 Å². The Hall–Kier alpha value is -1.63. The van der Waals surface area contributed by atoms with Crippen LogP contribution >= 0.6 is 11.3 Å². The van der Waals surface area contributed by atoms with Gasteiger partial charge in [-0.3, -0.25) is 4.79 Å². The van der Waals surface area contributed by atoms with Gasteiger partial charge in [0.15, 0.2) is 6.29 Å². The van der Waals surface area contributed by atoms with Crippen molar-refractivity contribution in [2.24, 2.45) is 0 Å².